The number of rotatable bonds is 76. The first-order chi connectivity index (χ1) is 46.1. The monoisotopic (exact) mass is 1400 g/mol. The summed E-state index contributed by atoms with van der Waals surface area (Å²) in [4.78, 5) is 72.7. The number of aliphatic hydroxyl groups excluding tert-OH is 1. The molecule has 0 aliphatic rings. The van der Waals surface area contributed by atoms with Crippen molar-refractivity contribution in [2.75, 3.05) is 39.6 Å². The number of carbonyl (C=O) groups excluding carboxylic acids is 4. The van der Waals surface area contributed by atoms with Gasteiger partial charge in [0.1, 0.15) is 19.3 Å². The third-order valence-corrected chi connectivity index (χ3v) is 20.0. The quantitative estimate of drug-likeness (QED) is 0.0222. The standard InChI is InChI=1S/C76H148O17P2/c1-6-10-13-16-19-21-23-25-27-28-33-36-40-45-50-55-60-74(79)87-66-72(93-76(81)62-57-52-47-42-38-34-30-29-31-35-39-44-48-53-58-69(5)9-4)68-91-95(84,85)89-64-70(77)63-88-94(82,83)90-67-71(65-86-73(78)59-54-49-43-18-15-12-8-3)92-75(80)61-56-51-46-41-37-32-26-24-22-20-17-14-11-7-2/h69-72,77H,6-68H2,1-5H3,(H,82,83)(H,84,85)/t69?,70-,71+,72+/m0/s1. The Morgan fingerprint density at radius 2 is 0.505 bits per heavy atom. The smallest absolute Gasteiger partial charge is 0.462 e. The second kappa shape index (κ2) is 69.2. The Hall–Kier alpha value is -1.94. The average Bonchev–Trinajstić information content (AvgIpc) is 1.76. The topological polar surface area (TPSA) is 237 Å². The number of unbranched alkanes of at least 4 members (excludes halogenated alkanes) is 47. The molecule has 0 saturated carbocycles. The van der Waals surface area contributed by atoms with Crippen LogP contribution < -0.4 is 0 Å². The number of hydrogen-bond acceptors (Lipinski definition) is 15. The molecule has 0 amide bonds. The van der Waals surface area contributed by atoms with Crippen LogP contribution in [0.15, 0.2) is 0 Å². The zero-order valence-electron chi connectivity index (χ0n) is 61.8. The molecule has 6 atom stereocenters. The van der Waals surface area contributed by atoms with Gasteiger partial charge in [0.05, 0.1) is 26.4 Å². The van der Waals surface area contributed by atoms with Gasteiger partial charge in [-0.05, 0) is 31.6 Å². The fourth-order valence-corrected chi connectivity index (χ4v) is 13.3. The lowest BCUT2D eigenvalue weighted by Crippen LogP contribution is -2.30. The Kier molecular flexibility index (Phi) is 67.7. The highest BCUT2D eigenvalue weighted by Gasteiger charge is 2.30. The van der Waals surface area contributed by atoms with Crippen molar-refractivity contribution in [2.24, 2.45) is 5.92 Å². The van der Waals surface area contributed by atoms with Crippen molar-refractivity contribution in [2.45, 2.75) is 419 Å². The lowest BCUT2D eigenvalue weighted by molar-refractivity contribution is -0.161. The molecule has 0 radical (unpaired) electrons. The molecule has 0 aliphatic heterocycles. The summed E-state index contributed by atoms with van der Waals surface area (Å²) in [7, 11) is -9.90. The molecule has 95 heavy (non-hydrogen) atoms. The van der Waals surface area contributed by atoms with Crippen LogP contribution in [-0.2, 0) is 65.4 Å². The van der Waals surface area contributed by atoms with Crippen LogP contribution in [0.4, 0.5) is 0 Å². The number of esters is 4. The minimum atomic E-state index is -4.96. The van der Waals surface area contributed by atoms with E-state index in [1.165, 1.54) is 212 Å². The Morgan fingerprint density at radius 3 is 0.747 bits per heavy atom. The molecule has 0 aromatic carbocycles. The molecule has 0 aromatic heterocycles. The van der Waals surface area contributed by atoms with Crippen molar-refractivity contribution < 1.29 is 80.2 Å². The van der Waals surface area contributed by atoms with Crippen molar-refractivity contribution >= 4 is 39.5 Å². The fraction of sp³-hybridized carbons (Fsp3) is 0.947. The van der Waals surface area contributed by atoms with E-state index in [0.29, 0.717) is 25.7 Å². The van der Waals surface area contributed by atoms with Gasteiger partial charge in [-0.2, -0.15) is 0 Å². The van der Waals surface area contributed by atoms with Crippen LogP contribution in [0.3, 0.4) is 0 Å². The van der Waals surface area contributed by atoms with Crippen LogP contribution >= 0.6 is 15.6 Å². The van der Waals surface area contributed by atoms with E-state index in [9.17, 15) is 43.2 Å². The van der Waals surface area contributed by atoms with E-state index in [1.54, 1.807) is 0 Å². The van der Waals surface area contributed by atoms with Gasteiger partial charge in [0.2, 0.25) is 0 Å². The molecule has 17 nitrogen and oxygen atoms in total. The maximum absolute atomic E-state index is 13.1. The lowest BCUT2D eigenvalue weighted by atomic mass is 9.99. The first-order valence-electron chi connectivity index (χ1n) is 39.7. The molecule has 0 spiro atoms. The third kappa shape index (κ3) is 69.0. The van der Waals surface area contributed by atoms with Crippen LogP contribution in [0.5, 0.6) is 0 Å². The largest absolute Gasteiger partial charge is 0.472 e. The van der Waals surface area contributed by atoms with E-state index >= 15 is 0 Å². The molecular weight excluding hydrogens is 1250 g/mol. The predicted octanol–water partition coefficient (Wildman–Crippen LogP) is 22.5. The Bertz CT molecular complexity index is 1820. The molecule has 0 heterocycles. The van der Waals surface area contributed by atoms with E-state index in [0.717, 1.165) is 109 Å². The van der Waals surface area contributed by atoms with E-state index in [4.69, 9.17) is 37.0 Å². The van der Waals surface area contributed by atoms with E-state index < -0.39 is 97.5 Å². The minimum Gasteiger partial charge on any atom is -0.462 e. The number of ether oxygens (including phenoxy) is 4. The highest BCUT2D eigenvalue weighted by Crippen LogP contribution is 2.45. The minimum absolute atomic E-state index is 0.108. The molecule has 0 bridgehead atoms. The van der Waals surface area contributed by atoms with Crippen molar-refractivity contribution in [3.05, 3.63) is 0 Å². The van der Waals surface area contributed by atoms with Gasteiger partial charge in [-0.1, -0.05) is 349 Å². The Balaban J connectivity index is 5.20. The van der Waals surface area contributed by atoms with Crippen LogP contribution in [0.2, 0.25) is 0 Å². The van der Waals surface area contributed by atoms with Gasteiger partial charge in [0.25, 0.3) is 0 Å². The van der Waals surface area contributed by atoms with E-state index in [-0.39, 0.29) is 25.7 Å². The summed E-state index contributed by atoms with van der Waals surface area (Å²) in [6.07, 6.45) is 58.2. The van der Waals surface area contributed by atoms with Gasteiger partial charge >= 0.3 is 39.5 Å². The summed E-state index contributed by atoms with van der Waals surface area (Å²) >= 11 is 0. The van der Waals surface area contributed by atoms with Crippen molar-refractivity contribution in [1.82, 2.24) is 0 Å². The summed E-state index contributed by atoms with van der Waals surface area (Å²) in [6, 6.07) is 0. The second-order valence-electron chi connectivity index (χ2n) is 27.6. The normalized spacial score (nSPS) is 14.2. The zero-order chi connectivity index (χ0) is 69.8. The number of carbonyl (C=O) groups is 4. The van der Waals surface area contributed by atoms with Gasteiger partial charge in [-0.25, -0.2) is 9.13 Å². The van der Waals surface area contributed by atoms with Crippen molar-refractivity contribution in [3.8, 4) is 0 Å². The van der Waals surface area contributed by atoms with Crippen LogP contribution in [-0.4, -0.2) is 96.7 Å². The highest BCUT2D eigenvalue weighted by atomic mass is 31.2. The highest BCUT2D eigenvalue weighted by molar-refractivity contribution is 7.47. The number of phosphoric acid groups is 2. The molecule has 564 valence electrons. The summed E-state index contributed by atoms with van der Waals surface area (Å²) in [5.74, 6) is -1.27. The Labute approximate surface area is 581 Å². The van der Waals surface area contributed by atoms with Crippen LogP contribution in [0.1, 0.15) is 401 Å². The first kappa shape index (κ1) is 93.1. The van der Waals surface area contributed by atoms with Gasteiger partial charge in [-0.15, -0.1) is 0 Å². The second-order valence-corrected chi connectivity index (χ2v) is 30.5. The fourth-order valence-electron chi connectivity index (χ4n) is 11.7. The third-order valence-electron chi connectivity index (χ3n) is 18.1. The maximum atomic E-state index is 13.1. The molecule has 0 aromatic rings. The summed E-state index contributed by atoms with van der Waals surface area (Å²) in [6.45, 7) is 7.32. The van der Waals surface area contributed by atoms with Gasteiger partial charge < -0.3 is 33.8 Å². The molecule has 0 fully saturated rings. The number of aliphatic hydroxyl groups is 1. The number of hydrogen-bond donors (Lipinski definition) is 3. The lowest BCUT2D eigenvalue weighted by Gasteiger charge is -2.21. The predicted molar refractivity (Wildman–Crippen MR) is 386 cm³/mol. The molecule has 3 unspecified atom stereocenters. The van der Waals surface area contributed by atoms with Gasteiger partial charge in [-0.3, -0.25) is 37.3 Å². The molecular formula is C76H148O17P2. The van der Waals surface area contributed by atoms with Crippen molar-refractivity contribution in [1.29, 1.82) is 0 Å². The van der Waals surface area contributed by atoms with Gasteiger partial charge in [0, 0.05) is 25.7 Å². The van der Waals surface area contributed by atoms with Crippen LogP contribution in [0.25, 0.3) is 0 Å². The summed E-state index contributed by atoms with van der Waals surface area (Å²) in [5, 5.41) is 10.6. The molecule has 3 N–H and O–H groups in total. The van der Waals surface area contributed by atoms with Crippen LogP contribution in [0, 0.1) is 5.92 Å². The van der Waals surface area contributed by atoms with E-state index in [1.807, 2.05) is 0 Å². The van der Waals surface area contributed by atoms with E-state index in [2.05, 4.69) is 34.6 Å². The maximum Gasteiger partial charge on any atom is 0.472 e. The molecule has 0 aliphatic carbocycles. The molecule has 0 saturated heterocycles. The molecule has 0 rings (SSSR count). The first-order valence-corrected chi connectivity index (χ1v) is 42.7. The van der Waals surface area contributed by atoms with Crippen molar-refractivity contribution in [3.63, 3.8) is 0 Å². The summed E-state index contributed by atoms with van der Waals surface area (Å²) < 4.78 is 68.4. The number of phosphoric ester groups is 2. The molecule has 19 heteroatoms. The average molecular weight is 1400 g/mol. The van der Waals surface area contributed by atoms with Gasteiger partial charge in [0.15, 0.2) is 12.2 Å². The zero-order valence-corrected chi connectivity index (χ0v) is 63.6. The summed E-state index contributed by atoms with van der Waals surface area (Å²) in [5.41, 5.74) is 0. The SMILES string of the molecule is CCCCCCCCCCCCCCCCCCC(=O)OC[C@H](COP(=O)(O)OC[C@@H](O)COP(=O)(O)OC[C@@H](COC(=O)CCCCCCCCC)OC(=O)CCCCCCCCCCCCCCCC)OC(=O)CCCCCCCCCCCCCCCCC(C)CC. The Morgan fingerprint density at radius 1 is 0.295 bits per heavy atom.